The van der Waals surface area contributed by atoms with Crippen LogP contribution < -0.4 is 11.3 Å². The Morgan fingerprint density at radius 2 is 1.90 bits per heavy atom. The average molecular weight is 302 g/mol. The van der Waals surface area contributed by atoms with Crippen molar-refractivity contribution in [2.45, 2.75) is 51.5 Å². The predicted octanol–water partition coefficient (Wildman–Crippen LogP) is 4.27. The predicted molar refractivity (Wildman–Crippen MR) is 92.6 cm³/mol. The molecule has 1 heterocycles. The molecule has 2 aromatic rings. The molecule has 2 nitrogen and oxygen atoms in total. The second-order valence-corrected chi connectivity index (χ2v) is 6.97. The highest BCUT2D eigenvalue weighted by molar-refractivity contribution is 7.09. The van der Waals surface area contributed by atoms with Crippen LogP contribution in [0.15, 0.2) is 41.8 Å². The van der Waals surface area contributed by atoms with E-state index in [0.717, 1.165) is 19.3 Å². The van der Waals surface area contributed by atoms with Gasteiger partial charge in [0.1, 0.15) is 0 Å². The van der Waals surface area contributed by atoms with E-state index in [4.69, 9.17) is 5.84 Å². The van der Waals surface area contributed by atoms with Crippen LogP contribution in [0.5, 0.6) is 0 Å². The molecular formula is C18H26N2S. The van der Waals surface area contributed by atoms with E-state index in [1.54, 1.807) is 0 Å². The second kappa shape index (κ2) is 8.32. The van der Waals surface area contributed by atoms with Crippen LogP contribution >= 0.6 is 11.3 Å². The fourth-order valence-corrected chi connectivity index (χ4v) is 3.30. The summed E-state index contributed by atoms with van der Waals surface area (Å²) in [6, 6.07) is 13.6. The summed E-state index contributed by atoms with van der Waals surface area (Å²) in [5.41, 5.74) is 5.73. The van der Waals surface area contributed by atoms with Crippen molar-refractivity contribution < 1.29 is 0 Å². The summed E-state index contributed by atoms with van der Waals surface area (Å²) < 4.78 is 0. The first kappa shape index (κ1) is 16.2. The van der Waals surface area contributed by atoms with Crippen LogP contribution in [-0.2, 0) is 12.8 Å². The van der Waals surface area contributed by atoms with E-state index >= 15 is 0 Å². The summed E-state index contributed by atoms with van der Waals surface area (Å²) in [5.74, 6) is 6.30. The molecule has 0 saturated heterocycles. The van der Waals surface area contributed by atoms with Gasteiger partial charge in [0.05, 0.1) is 0 Å². The van der Waals surface area contributed by atoms with Gasteiger partial charge in [-0.2, -0.15) is 0 Å². The van der Waals surface area contributed by atoms with E-state index in [2.05, 4.69) is 61.1 Å². The molecule has 1 atom stereocenters. The Morgan fingerprint density at radius 3 is 2.48 bits per heavy atom. The maximum atomic E-state index is 5.71. The lowest BCUT2D eigenvalue weighted by Crippen LogP contribution is -2.36. The van der Waals surface area contributed by atoms with Gasteiger partial charge < -0.3 is 0 Å². The Balaban J connectivity index is 1.81. The van der Waals surface area contributed by atoms with Crippen LogP contribution in [0.1, 0.15) is 48.6 Å². The molecule has 1 unspecified atom stereocenters. The molecular weight excluding hydrogens is 276 g/mol. The van der Waals surface area contributed by atoms with Crippen LogP contribution in [0, 0.1) is 0 Å². The number of hydrogen-bond acceptors (Lipinski definition) is 3. The molecule has 0 bridgehead atoms. The van der Waals surface area contributed by atoms with Crippen LogP contribution in [0.25, 0.3) is 0 Å². The third-order valence-electron chi connectivity index (χ3n) is 3.92. The first-order chi connectivity index (χ1) is 10.2. The number of hydrazine groups is 1. The zero-order valence-electron chi connectivity index (χ0n) is 13.0. The summed E-state index contributed by atoms with van der Waals surface area (Å²) >= 11 is 1.84. The minimum atomic E-state index is 0.356. The van der Waals surface area contributed by atoms with Gasteiger partial charge in [0, 0.05) is 10.9 Å². The second-order valence-electron chi connectivity index (χ2n) is 5.94. The van der Waals surface area contributed by atoms with Crippen molar-refractivity contribution in [3.8, 4) is 0 Å². The fourth-order valence-electron chi connectivity index (χ4n) is 2.54. The van der Waals surface area contributed by atoms with Gasteiger partial charge in [-0.1, -0.05) is 44.2 Å². The average Bonchev–Trinajstić information content (AvgIpc) is 3.00. The third-order valence-corrected chi connectivity index (χ3v) is 4.86. The maximum Gasteiger partial charge on any atom is 0.0251 e. The van der Waals surface area contributed by atoms with Crippen molar-refractivity contribution in [3.05, 3.63) is 57.8 Å². The number of aryl methyl sites for hydroxylation is 1. The Hall–Kier alpha value is -1.16. The van der Waals surface area contributed by atoms with Gasteiger partial charge in [0.25, 0.3) is 0 Å². The Labute approximate surface area is 132 Å². The summed E-state index contributed by atoms with van der Waals surface area (Å²) in [7, 11) is 0. The first-order valence-corrected chi connectivity index (χ1v) is 8.64. The molecule has 3 N–H and O–H groups in total. The van der Waals surface area contributed by atoms with E-state index in [1.807, 2.05) is 11.3 Å². The number of nitrogens with one attached hydrogen (secondary N) is 1. The van der Waals surface area contributed by atoms with Crippen molar-refractivity contribution >= 4 is 11.3 Å². The van der Waals surface area contributed by atoms with Crippen LogP contribution in [0.2, 0.25) is 0 Å². The molecule has 0 aliphatic rings. The van der Waals surface area contributed by atoms with Crippen LogP contribution in [0.3, 0.4) is 0 Å². The van der Waals surface area contributed by atoms with E-state index < -0.39 is 0 Å². The molecule has 1 aromatic heterocycles. The Bertz CT molecular complexity index is 503. The Morgan fingerprint density at radius 1 is 1.14 bits per heavy atom. The lowest BCUT2D eigenvalue weighted by Gasteiger charge is -2.16. The molecule has 0 aliphatic heterocycles. The number of thiophene rings is 1. The highest BCUT2D eigenvalue weighted by Gasteiger charge is 2.08. The van der Waals surface area contributed by atoms with E-state index in [-0.39, 0.29) is 0 Å². The topological polar surface area (TPSA) is 38.0 Å². The van der Waals surface area contributed by atoms with Gasteiger partial charge in [-0.05, 0) is 54.2 Å². The fraction of sp³-hybridized carbons (Fsp3) is 0.444. The quantitative estimate of drug-likeness (QED) is 0.564. The van der Waals surface area contributed by atoms with Crippen molar-refractivity contribution in [1.82, 2.24) is 5.43 Å². The lowest BCUT2D eigenvalue weighted by atomic mass is 9.97. The highest BCUT2D eigenvalue weighted by atomic mass is 32.1. The van der Waals surface area contributed by atoms with Crippen molar-refractivity contribution in [3.63, 3.8) is 0 Å². The zero-order valence-corrected chi connectivity index (χ0v) is 13.8. The number of nitrogens with two attached hydrogens (primary N) is 1. The molecule has 0 radical (unpaired) electrons. The smallest absolute Gasteiger partial charge is 0.0251 e. The monoisotopic (exact) mass is 302 g/mol. The summed E-state index contributed by atoms with van der Waals surface area (Å²) in [5, 5.41) is 2.14. The van der Waals surface area contributed by atoms with Gasteiger partial charge in [0.15, 0.2) is 0 Å². The third kappa shape index (κ3) is 5.27. The highest BCUT2D eigenvalue weighted by Crippen LogP contribution is 2.17. The molecule has 21 heavy (non-hydrogen) atoms. The molecule has 0 spiro atoms. The largest absolute Gasteiger partial charge is 0.271 e. The van der Waals surface area contributed by atoms with E-state index in [0.29, 0.717) is 12.0 Å². The van der Waals surface area contributed by atoms with Gasteiger partial charge >= 0.3 is 0 Å². The van der Waals surface area contributed by atoms with E-state index in [1.165, 1.54) is 22.4 Å². The van der Waals surface area contributed by atoms with Gasteiger partial charge in [-0.3, -0.25) is 11.3 Å². The number of rotatable bonds is 8. The molecule has 0 fully saturated rings. The van der Waals surface area contributed by atoms with Gasteiger partial charge in [-0.15, -0.1) is 11.3 Å². The standard InChI is InChI=1S/C18H26N2S/c1-14(2)16-10-8-15(9-11-16)13-17(20-19)5-3-6-18-7-4-12-21-18/h4,7-12,14,17,20H,3,5-6,13,19H2,1-2H3. The lowest BCUT2D eigenvalue weighted by molar-refractivity contribution is 0.477. The van der Waals surface area contributed by atoms with Crippen LogP contribution in [0.4, 0.5) is 0 Å². The Kier molecular flexibility index (Phi) is 6.43. The molecule has 0 saturated carbocycles. The summed E-state index contributed by atoms with van der Waals surface area (Å²) in [4.78, 5) is 1.46. The van der Waals surface area contributed by atoms with Crippen molar-refractivity contribution in [2.24, 2.45) is 5.84 Å². The minimum Gasteiger partial charge on any atom is -0.271 e. The van der Waals surface area contributed by atoms with Crippen molar-refractivity contribution in [1.29, 1.82) is 0 Å². The first-order valence-electron chi connectivity index (χ1n) is 7.76. The van der Waals surface area contributed by atoms with Gasteiger partial charge in [-0.25, -0.2) is 0 Å². The minimum absolute atomic E-state index is 0.356. The van der Waals surface area contributed by atoms with Gasteiger partial charge in [0.2, 0.25) is 0 Å². The molecule has 3 heteroatoms. The summed E-state index contributed by atoms with van der Waals surface area (Å²) in [6.45, 7) is 4.45. The molecule has 0 amide bonds. The molecule has 0 aliphatic carbocycles. The van der Waals surface area contributed by atoms with Crippen LogP contribution in [-0.4, -0.2) is 6.04 Å². The summed E-state index contributed by atoms with van der Waals surface area (Å²) in [6.07, 6.45) is 4.45. The molecule has 114 valence electrons. The SMILES string of the molecule is CC(C)c1ccc(CC(CCCc2cccs2)NN)cc1. The van der Waals surface area contributed by atoms with Crippen molar-refractivity contribution in [2.75, 3.05) is 0 Å². The maximum absolute atomic E-state index is 5.71. The number of hydrogen-bond donors (Lipinski definition) is 2. The zero-order chi connectivity index (χ0) is 15.1. The number of benzene rings is 1. The molecule has 2 rings (SSSR count). The normalized spacial score (nSPS) is 12.8. The van der Waals surface area contributed by atoms with E-state index in [9.17, 15) is 0 Å². The molecule has 1 aromatic carbocycles.